The summed E-state index contributed by atoms with van der Waals surface area (Å²) >= 11 is 11.1. The number of halogens is 2. The number of carbonyl (C=O) groups excluding carboxylic acids is 2. The number of hydrogen-bond donors (Lipinski definition) is 1. The molecule has 0 spiro atoms. The van der Waals surface area contributed by atoms with E-state index in [-0.39, 0.29) is 30.5 Å². The van der Waals surface area contributed by atoms with Crippen molar-refractivity contribution in [3.63, 3.8) is 0 Å². The zero-order valence-corrected chi connectivity index (χ0v) is 12.5. The van der Waals surface area contributed by atoms with Gasteiger partial charge in [-0.1, -0.05) is 30.3 Å². The molecule has 0 bridgehead atoms. The molecule has 1 aromatic carbocycles. The second-order valence-electron chi connectivity index (χ2n) is 4.18. The third-order valence-electron chi connectivity index (χ3n) is 2.53. The summed E-state index contributed by atoms with van der Waals surface area (Å²) in [5, 5.41) is 2.74. The maximum atomic E-state index is 11.6. The molecule has 0 aliphatic carbocycles. The Balaban J connectivity index is 2.21. The van der Waals surface area contributed by atoms with Crippen LogP contribution in [-0.4, -0.2) is 29.7 Å². The molecule has 0 heterocycles. The molecule has 4 nitrogen and oxygen atoms in total. The Bertz CT molecular complexity index is 422. The van der Waals surface area contributed by atoms with Crippen molar-refractivity contribution in [3.8, 4) is 0 Å². The average molecular weight is 318 g/mol. The predicted molar refractivity (Wildman–Crippen MR) is 78.8 cm³/mol. The summed E-state index contributed by atoms with van der Waals surface area (Å²) < 4.78 is 4.98. The van der Waals surface area contributed by atoms with Gasteiger partial charge in [0.25, 0.3) is 0 Å². The number of benzene rings is 1. The SMILES string of the molecule is O=C(CCC(=O)OC(CCl)CCl)NCc1ccccc1. The van der Waals surface area contributed by atoms with Gasteiger partial charge < -0.3 is 10.1 Å². The number of rotatable bonds is 8. The molecule has 0 fully saturated rings. The van der Waals surface area contributed by atoms with Crippen LogP contribution in [0.5, 0.6) is 0 Å². The Morgan fingerprint density at radius 1 is 1.10 bits per heavy atom. The van der Waals surface area contributed by atoms with Gasteiger partial charge in [-0.2, -0.15) is 0 Å². The Morgan fingerprint density at radius 3 is 2.35 bits per heavy atom. The summed E-state index contributed by atoms with van der Waals surface area (Å²) in [4.78, 5) is 23.0. The van der Waals surface area contributed by atoms with Crippen LogP contribution in [0.25, 0.3) is 0 Å². The first kappa shape index (κ1) is 16.8. The highest BCUT2D eigenvalue weighted by atomic mass is 35.5. The van der Waals surface area contributed by atoms with Gasteiger partial charge in [-0.3, -0.25) is 9.59 Å². The lowest BCUT2D eigenvalue weighted by Crippen LogP contribution is -2.25. The molecule has 0 aliphatic heterocycles. The van der Waals surface area contributed by atoms with Crippen LogP contribution in [-0.2, 0) is 20.9 Å². The number of nitrogens with one attached hydrogen (secondary N) is 1. The Morgan fingerprint density at radius 2 is 1.75 bits per heavy atom. The normalized spacial score (nSPS) is 10.3. The zero-order chi connectivity index (χ0) is 14.8. The van der Waals surface area contributed by atoms with E-state index in [1.807, 2.05) is 30.3 Å². The lowest BCUT2D eigenvalue weighted by molar-refractivity contribution is -0.148. The van der Waals surface area contributed by atoms with E-state index in [1.54, 1.807) is 0 Å². The van der Waals surface area contributed by atoms with Gasteiger partial charge in [-0.25, -0.2) is 0 Å². The van der Waals surface area contributed by atoms with E-state index in [0.717, 1.165) is 5.56 Å². The van der Waals surface area contributed by atoms with Crippen LogP contribution in [0.15, 0.2) is 30.3 Å². The second-order valence-corrected chi connectivity index (χ2v) is 4.80. The number of hydrogen-bond acceptors (Lipinski definition) is 3. The smallest absolute Gasteiger partial charge is 0.306 e. The maximum absolute atomic E-state index is 11.6. The lowest BCUT2D eigenvalue weighted by Gasteiger charge is -2.11. The number of esters is 1. The van der Waals surface area contributed by atoms with Crippen LogP contribution in [0, 0.1) is 0 Å². The van der Waals surface area contributed by atoms with Crippen molar-refractivity contribution >= 4 is 35.1 Å². The van der Waals surface area contributed by atoms with E-state index in [1.165, 1.54) is 0 Å². The van der Waals surface area contributed by atoms with E-state index in [4.69, 9.17) is 27.9 Å². The molecule has 0 unspecified atom stereocenters. The highest BCUT2D eigenvalue weighted by Crippen LogP contribution is 2.03. The van der Waals surface area contributed by atoms with E-state index in [0.29, 0.717) is 6.54 Å². The molecule has 0 aromatic heterocycles. The van der Waals surface area contributed by atoms with Crippen molar-refractivity contribution in [2.45, 2.75) is 25.5 Å². The summed E-state index contributed by atoms with van der Waals surface area (Å²) in [6.07, 6.45) is -0.397. The van der Waals surface area contributed by atoms with Gasteiger partial charge in [-0.05, 0) is 5.56 Å². The first-order valence-electron chi connectivity index (χ1n) is 6.27. The van der Waals surface area contributed by atoms with Crippen molar-refractivity contribution in [2.24, 2.45) is 0 Å². The Hall–Kier alpha value is -1.26. The second kappa shape index (κ2) is 9.61. The van der Waals surface area contributed by atoms with Crippen molar-refractivity contribution < 1.29 is 14.3 Å². The first-order valence-corrected chi connectivity index (χ1v) is 7.34. The van der Waals surface area contributed by atoms with E-state index < -0.39 is 12.1 Å². The van der Waals surface area contributed by atoms with Crippen LogP contribution in [0.3, 0.4) is 0 Å². The lowest BCUT2D eigenvalue weighted by atomic mass is 10.2. The van der Waals surface area contributed by atoms with Crippen LogP contribution < -0.4 is 5.32 Å². The molecule has 0 saturated carbocycles. The standard InChI is InChI=1S/C14H17Cl2NO3/c15-8-12(9-16)20-14(19)7-6-13(18)17-10-11-4-2-1-3-5-11/h1-5,12H,6-10H2,(H,17,18). The number of amides is 1. The minimum absolute atomic E-state index is 0.0188. The van der Waals surface area contributed by atoms with Crippen molar-refractivity contribution in [3.05, 3.63) is 35.9 Å². The molecular weight excluding hydrogens is 301 g/mol. The van der Waals surface area contributed by atoms with Gasteiger partial charge >= 0.3 is 5.97 Å². The summed E-state index contributed by atoms with van der Waals surface area (Å²) in [6.45, 7) is 0.445. The monoisotopic (exact) mass is 317 g/mol. The van der Waals surface area contributed by atoms with Gasteiger partial charge in [-0.15, -0.1) is 23.2 Å². The maximum Gasteiger partial charge on any atom is 0.306 e. The van der Waals surface area contributed by atoms with Crippen LogP contribution >= 0.6 is 23.2 Å². The Labute approximate surface area is 128 Å². The molecule has 1 N–H and O–H groups in total. The fourth-order valence-corrected chi connectivity index (χ4v) is 1.91. The Kier molecular flexibility index (Phi) is 8.07. The molecule has 1 rings (SSSR count). The molecule has 0 aliphatic rings. The predicted octanol–water partition coefficient (Wildman–Crippen LogP) is 2.47. The van der Waals surface area contributed by atoms with E-state index in [2.05, 4.69) is 5.32 Å². The van der Waals surface area contributed by atoms with Crippen LogP contribution in [0.4, 0.5) is 0 Å². The highest BCUT2D eigenvalue weighted by Gasteiger charge is 2.13. The summed E-state index contributed by atoms with van der Waals surface area (Å²) in [6, 6.07) is 9.54. The van der Waals surface area contributed by atoms with Crippen LogP contribution in [0.2, 0.25) is 0 Å². The summed E-state index contributed by atoms with van der Waals surface area (Å²) in [5.41, 5.74) is 1.01. The molecule has 0 atom stereocenters. The third kappa shape index (κ3) is 6.78. The topological polar surface area (TPSA) is 55.4 Å². The molecule has 20 heavy (non-hydrogen) atoms. The highest BCUT2D eigenvalue weighted by molar-refractivity contribution is 6.21. The molecule has 1 aromatic rings. The van der Waals surface area contributed by atoms with Crippen LogP contribution in [0.1, 0.15) is 18.4 Å². The summed E-state index contributed by atoms with van der Waals surface area (Å²) in [7, 11) is 0. The van der Waals surface area contributed by atoms with Gasteiger partial charge in [0.05, 0.1) is 18.2 Å². The van der Waals surface area contributed by atoms with Crippen molar-refractivity contribution in [2.75, 3.05) is 11.8 Å². The summed E-state index contributed by atoms with van der Waals surface area (Å²) in [5.74, 6) is -0.365. The molecule has 110 valence electrons. The molecule has 6 heteroatoms. The zero-order valence-electron chi connectivity index (χ0n) is 11.0. The minimum atomic E-state index is -0.502. The molecule has 0 radical (unpaired) electrons. The van der Waals surface area contributed by atoms with Gasteiger partial charge in [0, 0.05) is 13.0 Å². The largest absolute Gasteiger partial charge is 0.460 e. The fraction of sp³-hybridized carbons (Fsp3) is 0.429. The van der Waals surface area contributed by atoms with Gasteiger partial charge in [0.2, 0.25) is 5.91 Å². The van der Waals surface area contributed by atoms with Crippen molar-refractivity contribution in [1.82, 2.24) is 5.32 Å². The molecular formula is C14H17Cl2NO3. The van der Waals surface area contributed by atoms with Crippen molar-refractivity contribution in [1.29, 1.82) is 0 Å². The number of alkyl halides is 2. The van der Waals surface area contributed by atoms with E-state index in [9.17, 15) is 9.59 Å². The first-order chi connectivity index (χ1) is 9.65. The number of carbonyl (C=O) groups is 2. The van der Waals surface area contributed by atoms with Gasteiger partial charge in [0.1, 0.15) is 6.10 Å². The minimum Gasteiger partial charge on any atom is -0.460 e. The molecule has 0 saturated heterocycles. The number of ether oxygens (including phenoxy) is 1. The molecule has 1 amide bonds. The van der Waals surface area contributed by atoms with E-state index >= 15 is 0 Å². The third-order valence-corrected chi connectivity index (χ3v) is 3.22. The average Bonchev–Trinajstić information content (AvgIpc) is 2.49. The quantitative estimate of drug-likeness (QED) is 0.592. The fourth-order valence-electron chi connectivity index (χ4n) is 1.45. The van der Waals surface area contributed by atoms with Gasteiger partial charge in [0.15, 0.2) is 0 Å².